The maximum absolute atomic E-state index is 13.6. The number of likely N-dealkylation sites (tertiary alicyclic amines) is 2. The Kier molecular flexibility index (Phi) is 10.6. The zero-order valence-electron chi connectivity index (χ0n) is 35.3. The Morgan fingerprint density at radius 1 is 0.935 bits per heavy atom. The van der Waals surface area contributed by atoms with Crippen LogP contribution in [-0.2, 0) is 20.8 Å². The van der Waals surface area contributed by atoms with Crippen LogP contribution in [0.1, 0.15) is 68.1 Å². The topological polar surface area (TPSA) is 183 Å². The van der Waals surface area contributed by atoms with Gasteiger partial charge in [-0.25, -0.2) is 0 Å². The Bertz CT molecular complexity index is 2550. The number of anilines is 1. The number of nitrogens with one attached hydrogen (secondary N) is 2. The van der Waals surface area contributed by atoms with E-state index in [-0.39, 0.29) is 59.5 Å². The summed E-state index contributed by atoms with van der Waals surface area (Å²) in [6.45, 7) is 13.8. The average molecular weight is 860 g/mol. The van der Waals surface area contributed by atoms with Crippen LogP contribution >= 0.6 is 11.6 Å². The van der Waals surface area contributed by atoms with Gasteiger partial charge in [0.25, 0.3) is 17.4 Å². The number of nitriles is 1. The van der Waals surface area contributed by atoms with Crippen molar-refractivity contribution in [3.8, 4) is 11.8 Å². The van der Waals surface area contributed by atoms with Crippen molar-refractivity contribution in [1.82, 2.24) is 35.4 Å². The number of aromatic nitrogens is 3. The molecule has 5 fully saturated rings. The highest BCUT2D eigenvalue weighted by atomic mass is 35.5. The van der Waals surface area contributed by atoms with Crippen molar-refractivity contribution < 1.29 is 23.9 Å². The van der Waals surface area contributed by atoms with E-state index in [2.05, 4.69) is 64.5 Å². The number of benzene rings is 3. The third-order valence-corrected chi connectivity index (χ3v) is 14.3. The Hall–Kier alpha value is -5.85. The monoisotopic (exact) mass is 859 g/mol. The molecule has 1 aromatic heterocycles. The van der Waals surface area contributed by atoms with Crippen molar-refractivity contribution >= 4 is 51.8 Å². The lowest BCUT2D eigenvalue weighted by atomic mass is 9.49. The molecule has 1 aliphatic carbocycles. The third kappa shape index (κ3) is 7.46. The number of halogens is 1. The van der Waals surface area contributed by atoms with Crippen LogP contribution in [0.3, 0.4) is 0 Å². The highest BCUT2D eigenvalue weighted by Gasteiger charge is 2.64. The predicted octanol–water partition coefficient (Wildman–Crippen LogP) is 3.98. The number of rotatable bonds is 10. The summed E-state index contributed by atoms with van der Waals surface area (Å²) in [4.78, 5) is 71.1. The molecule has 5 aliphatic rings. The van der Waals surface area contributed by atoms with Gasteiger partial charge in [0.05, 0.1) is 21.9 Å². The Morgan fingerprint density at radius 2 is 1.65 bits per heavy atom. The molecule has 4 aliphatic heterocycles. The van der Waals surface area contributed by atoms with Gasteiger partial charge >= 0.3 is 0 Å². The average Bonchev–Trinajstić information content (AvgIpc) is 3.81. The van der Waals surface area contributed by atoms with Crippen LogP contribution in [0.2, 0.25) is 5.02 Å². The van der Waals surface area contributed by atoms with E-state index < -0.39 is 17.5 Å². The molecular weight excluding hydrogens is 810 g/mol. The molecule has 3 unspecified atom stereocenters. The van der Waals surface area contributed by atoms with Crippen molar-refractivity contribution in [1.29, 1.82) is 5.26 Å². The molecule has 5 heterocycles. The number of hydrogen-bond donors (Lipinski definition) is 2. The molecule has 9 rings (SSSR count). The van der Waals surface area contributed by atoms with Gasteiger partial charge in [0.15, 0.2) is 0 Å². The molecule has 3 atom stereocenters. The first-order chi connectivity index (χ1) is 29.6. The van der Waals surface area contributed by atoms with Crippen molar-refractivity contribution in [2.24, 2.45) is 28.6 Å². The smallest absolute Gasteiger partial charge is 0.278 e. The van der Waals surface area contributed by atoms with Crippen molar-refractivity contribution in [2.75, 3.05) is 50.7 Å². The minimum atomic E-state index is -0.890. The fourth-order valence-corrected chi connectivity index (χ4v) is 11.0. The Morgan fingerprint density at radius 3 is 2.31 bits per heavy atom. The fourth-order valence-electron chi connectivity index (χ4n) is 10.8. The van der Waals surface area contributed by atoms with Crippen LogP contribution < -0.4 is 25.8 Å². The number of piperidine rings is 1. The van der Waals surface area contributed by atoms with E-state index in [1.807, 2.05) is 35.2 Å². The Balaban J connectivity index is 0.723. The predicted molar refractivity (Wildman–Crippen MR) is 230 cm³/mol. The standard InChI is InChI=1S/C46H50ClN9O6/c1-45(2)43(46(3,4)44(45)62-33-11-9-28(19-48)35(47)18-33)50-39(58)27-7-5-26(6-8-27)15-16-53-20-29-22-55(23-30(29)21-53)41(60)31-24-54(25-31)32-10-12-36-34(17-32)42(61)56(52-51-36)37-13-14-38(57)49-40(37)59/h5-12,17-18,29-31,37,43-44H,13-16,20-25H2,1-4H3,(H,50,58)(H,49,57,59)/t29?,30?,37?,43-,44-. The molecule has 62 heavy (non-hydrogen) atoms. The van der Waals surface area contributed by atoms with Crippen LogP contribution in [0.25, 0.3) is 10.9 Å². The molecular formula is C46H50ClN9O6. The minimum Gasteiger partial charge on any atom is -0.489 e. The maximum Gasteiger partial charge on any atom is 0.278 e. The molecule has 4 saturated heterocycles. The number of carbonyl (C=O) groups is 4. The molecule has 15 nitrogen and oxygen atoms in total. The molecule has 2 N–H and O–H groups in total. The summed E-state index contributed by atoms with van der Waals surface area (Å²) < 4.78 is 7.44. The van der Waals surface area contributed by atoms with Crippen molar-refractivity contribution in [3.63, 3.8) is 0 Å². The highest BCUT2D eigenvalue weighted by Crippen LogP contribution is 2.55. The van der Waals surface area contributed by atoms with Crippen LogP contribution in [0, 0.1) is 39.9 Å². The zero-order valence-corrected chi connectivity index (χ0v) is 36.0. The zero-order chi connectivity index (χ0) is 43.7. The van der Waals surface area contributed by atoms with Crippen molar-refractivity contribution in [3.05, 3.63) is 92.7 Å². The number of carbonyl (C=O) groups excluding carboxylic acids is 4. The molecule has 0 bridgehead atoms. The summed E-state index contributed by atoms with van der Waals surface area (Å²) >= 11 is 6.25. The third-order valence-electron chi connectivity index (χ3n) is 14.0. The van der Waals surface area contributed by atoms with Gasteiger partial charge in [0.2, 0.25) is 11.8 Å². The van der Waals surface area contributed by atoms with Gasteiger partial charge in [0, 0.05) is 86.4 Å². The number of hydrogen-bond acceptors (Lipinski definition) is 11. The van der Waals surface area contributed by atoms with E-state index in [0.717, 1.165) is 49.5 Å². The van der Waals surface area contributed by atoms with E-state index in [1.54, 1.807) is 30.3 Å². The molecule has 0 radical (unpaired) electrons. The molecule has 1 saturated carbocycles. The maximum atomic E-state index is 13.6. The van der Waals surface area contributed by atoms with E-state index in [9.17, 15) is 29.2 Å². The second kappa shape index (κ2) is 15.8. The van der Waals surface area contributed by atoms with Crippen LogP contribution in [0.15, 0.2) is 65.5 Å². The number of ether oxygens (including phenoxy) is 1. The lowest BCUT2D eigenvalue weighted by Gasteiger charge is -2.63. The first-order valence-corrected chi connectivity index (χ1v) is 21.7. The Labute approximate surface area is 364 Å². The van der Waals surface area contributed by atoms with Gasteiger partial charge in [-0.05, 0) is 72.7 Å². The first kappa shape index (κ1) is 41.5. The largest absolute Gasteiger partial charge is 0.489 e. The number of nitrogens with zero attached hydrogens (tertiary/aromatic N) is 7. The van der Waals surface area contributed by atoms with Gasteiger partial charge in [-0.15, -0.1) is 5.10 Å². The second-order valence-corrected chi connectivity index (χ2v) is 19.3. The molecule has 4 aromatic rings. The molecule has 4 amide bonds. The first-order valence-electron chi connectivity index (χ1n) is 21.4. The van der Waals surface area contributed by atoms with E-state index in [4.69, 9.17) is 16.3 Å². The minimum absolute atomic E-state index is 0.112. The molecule has 322 valence electrons. The summed E-state index contributed by atoms with van der Waals surface area (Å²) in [6, 6.07) is 19.3. The van der Waals surface area contributed by atoms with Gasteiger partial charge in [-0.3, -0.25) is 29.3 Å². The summed E-state index contributed by atoms with van der Waals surface area (Å²) in [6.07, 6.45) is 1.00. The molecule has 16 heteroatoms. The fraction of sp³-hybridized carbons (Fsp3) is 0.478. The van der Waals surface area contributed by atoms with Gasteiger partial charge < -0.3 is 24.8 Å². The lowest BCUT2D eigenvalue weighted by molar-refractivity contribution is -0.164. The number of fused-ring (bicyclic) bond motifs is 2. The highest BCUT2D eigenvalue weighted by molar-refractivity contribution is 6.31. The summed E-state index contributed by atoms with van der Waals surface area (Å²) in [5.74, 6) is 0.511. The quantitative estimate of drug-likeness (QED) is 0.220. The summed E-state index contributed by atoms with van der Waals surface area (Å²) in [5.41, 5.74) is 2.25. The SMILES string of the molecule is CC1(C)[C@H](NC(=O)c2ccc(CCN3CC4CN(C(=O)C5CN(c6ccc7nnn(C8CCC(=O)NC8=O)c(=O)c7c6)C5)CC4C3)cc2)C(C)(C)[C@H]1Oc1ccc(C#N)c(Cl)c1. The number of amides is 4. The molecule has 0 spiro atoms. The van der Waals surface area contributed by atoms with Crippen molar-refractivity contribution in [2.45, 2.75) is 65.1 Å². The van der Waals surface area contributed by atoms with Gasteiger partial charge in [-0.2, -0.15) is 9.94 Å². The van der Waals surface area contributed by atoms with E-state index in [0.29, 0.717) is 57.7 Å². The van der Waals surface area contributed by atoms with E-state index in [1.165, 1.54) is 5.56 Å². The van der Waals surface area contributed by atoms with E-state index >= 15 is 0 Å². The van der Waals surface area contributed by atoms with Gasteiger partial charge in [-0.1, -0.05) is 56.6 Å². The van der Waals surface area contributed by atoms with Gasteiger partial charge in [0.1, 0.15) is 29.5 Å². The summed E-state index contributed by atoms with van der Waals surface area (Å²) in [7, 11) is 0. The van der Waals surface area contributed by atoms with Crippen LogP contribution in [-0.4, -0.2) is 106 Å². The second-order valence-electron chi connectivity index (χ2n) is 18.9. The number of imide groups is 1. The van der Waals surface area contributed by atoms with Crippen LogP contribution in [0.4, 0.5) is 5.69 Å². The summed E-state index contributed by atoms with van der Waals surface area (Å²) in [5, 5.41) is 23.6. The normalized spacial score (nSPS) is 25.4. The van der Waals surface area contributed by atoms with Crippen LogP contribution in [0.5, 0.6) is 5.75 Å². The molecule has 3 aromatic carbocycles. The lowest BCUT2D eigenvalue weighted by Crippen LogP contribution is -2.74.